The maximum Gasteiger partial charge on any atom is 0.255 e. The number of rotatable bonds is 4. The van der Waals surface area contributed by atoms with Crippen molar-refractivity contribution in [3.05, 3.63) is 58.5 Å². The van der Waals surface area contributed by atoms with Crippen LogP contribution in [0, 0.1) is 0 Å². The largest absolute Gasteiger partial charge is 0.318 e. The number of nitrogens with zero attached hydrogens (tertiary/aromatic N) is 1. The van der Waals surface area contributed by atoms with Gasteiger partial charge in [0.1, 0.15) is 0 Å². The first-order valence-electron chi connectivity index (χ1n) is 6.57. The van der Waals surface area contributed by atoms with Gasteiger partial charge in [-0.05, 0) is 17.2 Å². The van der Waals surface area contributed by atoms with Crippen molar-refractivity contribution in [3.8, 4) is 11.1 Å². The highest BCUT2D eigenvalue weighted by molar-refractivity contribution is 5.66. The smallest absolute Gasteiger partial charge is 0.255 e. The van der Waals surface area contributed by atoms with E-state index in [1.807, 2.05) is 42.6 Å². The molecule has 0 aliphatic heterocycles. The van der Waals surface area contributed by atoms with Gasteiger partial charge in [0.2, 0.25) is 0 Å². The van der Waals surface area contributed by atoms with E-state index in [1.54, 1.807) is 11.6 Å². The molecule has 19 heavy (non-hydrogen) atoms. The fraction of sp³-hybridized carbons (Fsp3) is 0.312. The molecule has 0 spiro atoms. The topological polar surface area (TPSA) is 34.0 Å². The zero-order chi connectivity index (χ0) is 13.8. The average Bonchev–Trinajstić information content (AvgIpc) is 2.41. The van der Waals surface area contributed by atoms with E-state index in [1.165, 1.54) is 0 Å². The molecule has 3 heteroatoms. The number of nitrogens with one attached hydrogen (secondary N) is 1. The standard InChI is InChI=1S/C16H20N2O/c1-12(2)17-11-15-14(9-10-18(3)16(15)19)13-7-5-4-6-8-13/h4-10,12,17H,11H2,1-3H3. The molecule has 0 unspecified atom stereocenters. The molecule has 0 aliphatic rings. The molecule has 1 aromatic carbocycles. The summed E-state index contributed by atoms with van der Waals surface area (Å²) in [5, 5.41) is 3.33. The summed E-state index contributed by atoms with van der Waals surface area (Å²) in [4.78, 5) is 12.3. The fourth-order valence-electron chi connectivity index (χ4n) is 2.05. The fourth-order valence-corrected chi connectivity index (χ4v) is 2.05. The molecule has 0 saturated carbocycles. The van der Waals surface area contributed by atoms with Crippen LogP contribution < -0.4 is 10.9 Å². The van der Waals surface area contributed by atoms with E-state index >= 15 is 0 Å². The highest BCUT2D eigenvalue weighted by atomic mass is 16.1. The Labute approximate surface area is 113 Å². The lowest BCUT2D eigenvalue weighted by atomic mass is 10.0. The highest BCUT2D eigenvalue weighted by Gasteiger charge is 2.10. The summed E-state index contributed by atoms with van der Waals surface area (Å²) in [5.41, 5.74) is 2.98. The van der Waals surface area contributed by atoms with Crippen LogP contribution in [0.4, 0.5) is 0 Å². The summed E-state index contributed by atoms with van der Waals surface area (Å²) < 4.78 is 1.63. The first-order valence-corrected chi connectivity index (χ1v) is 6.57. The van der Waals surface area contributed by atoms with Crippen LogP contribution in [0.3, 0.4) is 0 Å². The second-order valence-electron chi connectivity index (χ2n) is 5.03. The minimum absolute atomic E-state index is 0.0644. The van der Waals surface area contributed by atoms with Gasteiger partial charge >= 0.3 is 0 Å². The molecule has 0 atom stereocenters. The Hall–Kier alpha value is -1.87. The Kier molecular flexibility index (Phi) is 4.17. The van der Waals surface area contributed by atoms with Crippen molar-refractivity contribution >= 4 is 0 Å². The molecular weight excluding hydrogens is 236 g/mol. The van der Waals surface area contributed by atoms with Crippen molar-refractivity contribution in [1.82, 2.24) is 9.88 Å². The lowest BCUT2D eigenvalue weighted by molar-refractivity contribution is 0.583. The van der Waals surface area contributed by atoms with Gasteiger partial charge in [-0.3, -0.25) is 4.79 Å². The van der Waals surface area contributed by atoms with Crippen molar-refractivity contribution in [2.75, 3.05) is 0 Å². The summed E-state index contributed by atoms with van der Waals surface area (Å²) >= 11 is 0. The molecule has 3 nitrogen and oxygen atoms in total. The van der Waals surface area contributed by atoms with Crippen molar-refractivity contribution in [1.29, 1.82) is 0 Å². The maximum absolute atomic E-state index is 12.3. The monoisotopic (exact) mass is 256 g/mol. The number of hydrogen-bond acceptors (Lipinski definition) is 2. The van der Waals surface area contributed by atoms with Crippen LogP contribution >= 0.6 is 0 Å². The number of aromatic nitrogens is 1. The number of hydrogen-bond donors (Lipinski definition) is 1. The first-order chi connectivity index (χ1) is 9.09. The lowest BCUT2D eigenvalue weighted by Gasteiger charge is -2.13. The summed E-state index contributed by atoms with van der Waals surface area (Å²) in [6.07, 6.45) is 1.82. The van der Waals surface area contributed by atoms with E-state index in [9.17, 15) is 4.79 Å². The zero-order valence-corrected chi connectivity index (χ0v) is 11.7. The molecule has 0 bridgehead atoms. The van der Waals surface area contributed by atoms with Crippen LogP contribution in [-0.4, -0.2) is 10.6 Å². The minimum atomic E-state index is 0.0644. The van der Waals surface area contributed by atoms with Crippen molar-refractivity contribution in [2.45, 2.75) is 26.4 Å². The van der Waals surface area contributed by atoms with Crippen LogP contribution in [-0.2, 0) is 13.6 Å². The molecule has 2 rings (SSSR count). The maximum atomic E-state index is 12.3. The predicted molar refractivity (Wildman–Crippen MR) is 79.1 cm³/mol. The second-order valence-corrected chi connectivity index (χ2v) is 5.03. The average molecular weight is 256 g/mol. The lowest BCUT2D eigenvalue weighted by Crippen LogP contribution is -2.29. The van der Waals surface area contributed by atoms with Gasteiger partial charge in [0, 0.05) is 31.4 Å². The van der Waals surface area contributed by atoms with Crippen LogP contribution in [0.5, 0.6) is 0 Å². The van der Waals surface area contributed by atoms with E-state index in [0.717, 1.165) is 16.7 Å². The summed E-state index contributed by atoms with van der Waals surface area (Å²) in [5.74, 6) is 0. The summed E-state index contributed by atoms with van der Waals surface area (Å²) in [6.45, 7) is 4.75. The molecule has 0 saturated heterocycles. The van der Waals surface area contributed by atoms with E-state index in [4.69, 9.17) is 0 Å². The molecule has 0 radical (unpaired) electrons. The molecule has 1 heterocycles. The Balaban J connectivity index is 2.49. The molecule has 2 aromatic rings. The third-order valence-electron chi connectivity index (χ3n) is 3.14. The van der Waals surface area contributed by atoms with Gasteiger partial charge in [0.25, 0.3) is 5.56 Å². The first kappa shape index (κ1) is 13.6. The van der Waals surface area contributed by atoms with E-state index < -0.39 is 0 Å². The Bertz CT molecular complexity index is 600. The number of pyridine rings is 1. The Morgan fingerprint density at radius 2 is 1.84 bits per heavy atom. The SMILES string of the molecule is CC(C)NCc1c(-c2ccccc2)ccn(C)c1=O. The van der Waals surface area contributed by atoms with Crippen LogP contribution in [0.2, 0.25) is 0 Å². The second kappa shape index (κ2) is 5.85. The quantitative estimate of drug-likeness (QED) is 0.912. The molecule has 0 amide bonds. The molecule has 100 valence electrons. The third kappa shape index (κ3) is 3.12. The predicted octanol–water partition coefficient (Wildman–Crippen LogP) is 2.55. The molecule has 1 aromatic heterocycles. The Morgan fingerprint density at radius 3 is 2.47 bits per heavy atom. The molecule has 0 fully saturated rings. The zero-order valence-electron chi connectivity index (χ0n) is 11.7. The Morgan fingerprint density at radius 1 is 1.16 bits per heavy atom. The summed E-state index contributed by atoms with van der Waals surface area (Å²) in [6, 6.07) is 12.4. The summed E-state index contributed by atoms with van der Waals surface area (Å²) in [7, 11) is 1.79. The van der Waals surface area contributed by atoms with E-state index in [0.29, 0.717) is 12.6 Å². The van der Waals surface area contributed by atoms with E-state index in [-0.39, 0.29) is 5.56 Å². The van der Waals surface area contributed by atoms with Crippen molar-refractivity contribution in [3.63, 3.8) is 0 Å². The van der Waals surface area contributed by atoms with Crippen LogP contribution in [0.15, 0.2) is 47.4 Å². The van der Waals surface area contributed by atoms with Gasteiger partial charge in [-0.15, -0.1) is 0 Å². The molecular formula is C16H20N2O. The number of aryl methyl sites for hydroxylation is 1. The molecule has 1 N–H and O–H groups in total. The van der Waals surface area contributed by atoms with Gasteiger partial charge in [-0.1, -0.05) is 44.2 Å². The van der Waals surface area contributed by atoms with Gasteiger partial charge in [-0.25, -0.2) is 0 Å². The van der Waals surface area contributed by atoms with Gasteiger partial charge in [0.15, 0.2) is 0 Å². The van der Waals surface area contributed by atoms with Crippen molar-refractivity contribution in [2.24, 2.45) is 7.05 Å². The van der Waals surface area contributed by atoms with Crippen LogP contribution in [0.25, 0.3) is 11.1 Å². The van der Waals surface area contributed by atoms with E-state index in [2.05, 4.69) is 19.2 Å². The highest BCUT2D eigenvalue weighted by Crippen LogP contribution is 2.20. The van der Waals surface area contributed by atoms with Gasteiger partial charge in [0.05, 0.1) is 0 Å². The van der Waals surface area contributed by atoms with Gasteiger partial charge in [-0.2, -0.15) is 0 Å². The van der Waals surface area contributed by atoms with Gasteiger partial charge < -0.3 is 9.88 Å². The normalized spacial score (nSPS) is 10.9. The third-order valence-corrected chi connectivity index (χ3v) is 3.14. The minimum Gasteiger partial charge on any atom is -0.318 e. The molecule has 0 aliphatic carbocycles. The van der Waals surface area contributed by atoms with Crippen molar-refractivity contribution < 1.29 is 0 Å². The van der Waals surface area contributed by atoms with Crippen LogP contribution in [0.1, 0.15) is 19.4 Å². The number of benzene rings is 1.